The lowest BCUT2D eigenvalue weighted by atomic mass is 10.1. The number of rotatable bonds is 13. The number of fused-ring (bicyclic) bond motifs is 2. The number of carboxylic acid groups (broad SMARTS) is 1. The summed E-state index contributed by atoms with van der Waals surface area (Å²) in [5, 5.41) is 11.1. The Hall–Kier alpha value is -3.14. The first-order valence-electron chi connectivity index (χ1n) is 12.8. The lowest BCUT2D eigenvalue weighted by molar-refractivity contribution is -0.671. The Balaban J connectivity index is 1.48. The normalized spacial score (nSPS) is 14.6. The predicted octanol–water partition coefficient (Wildman–Crippen LogP) is 5.91. The number of nitrogens with zero attached hydrogens (tertiary/aromatic N) is 2. The summed E-state index contributed by atoms with van der Waals surface area (Å²) in [6, 6.07) is 18.6. The van der Waals surface area contributed by atoms with Crippen LogP contribution in [0.2, 0.25) is 0 Å². The van der Waals surface area contributed by atoms with Crippen LogP contribution in [0.15, 0.2) is 82.9 Å². The minimum Gasteiger partial charge on any atom is -0.481 e. The predicted molar refractivity (Wildman–Crippen MR) is 153 cm³/mol. The van der Waals surface area contributed by atoms with Crippen LogP contribution in [0.3, 0.4) is 0 Å². The lowest BCUT2D eigenvalue weighted by Gasteiger charge is -2.20. The monoisotopic (exact) mass is 553 g/mol. The van der Waals surface area contributed by atoms with E-state index < -0.39 is 16.1 Å². The maximum Gasteiger partial charge on any atom is 0.303 e. The van der Waals surface area contributed by atoms with Crippen molar-refractivity contribution in [2.75, 3.05) is 17.2 Å². The number of hydrogen-bond donors (Lipinski definition) is 2. The fourth-order valence-electron chi connectivity index (χ4n) is 4.58. The summed E-state index contributed by atoms with van der Waals surface area (Å²) in [5.41, 5.74) is 3.36. The van der Waals surface area contributed by atoms with Crippen molar-refractivity contribution in [2.24, 2.45) is 0 Å². The maximum atomic E-state index is 11.1. The molecular weight excluding hydrogens is 520 g/mol. The standard InChI is InChI=1S/C29H32N2O5S2/c32-29(33)17-2-1-7-19-30-21-18-23(24-12-3-4-13-25(24)30)11-10-16-28-31(20-8-9-22-38(34,35)36)26-14-5-6-15-27(26)37-28/h3-6,10-16,18,21H,1-2,7-9,17,19-20,22H2,(H-,32,33,34,35,36)/p+1. The first-order valence-corrected chi connectivity index (χ1v) is 15.3. The molecule has 4 rings (SSSR count). The molecule has 3 aromatic rings. The summed E-state index contributed by atoms with van der Waals surface area (Å²) in [6.07, 6.45) is 12.1. The van der Waals surface area contributed by atoms with Crippen molar-refractivity contribution in [3.05, 3.63) is 83.5 Å². The zero-order chi connectivity index (χ0) is 27.0. The van der Waals surface area contributed by atoms with Crippen LogP contribution in [-0.4, -0.2) is 36.3 Å². The number of thioether (sulfide) groups is 1. The summed E-state index contributed by atoms with van der Waals surface area (Å²) >= 11 is 1.69. The molecule has 38 heavy (non-hydrogen) atoms. The lowest BCUT2D eigenvalue weighted by Crippen LogP contribution is -2.34. The highest BCUT2D eigenvalue weighted by atomic mass is 32.2. The Kier molecular flexibility index (Phi) is 9.60. The van der Waals surface area contributed by atoms with Gasteiger partial charge in [-0.3, -0.25) is 9.35 Å². The number of allylic oxidation sites excluding steroid dienone is 2. The van der Waals surface area contributed by atoms with Crippen molar-refractivity contribution in [1.82, 2.24) is 0 Å². The van der Waals surface area contributed by atoms with E-state index in [0.717, 1.165) is 51.5 Å². The molecule has 0 saturated heterocycles. The van der Waals surface area contributed by atoms with Crippen LogP contribution in [-0.2, 0) is 21.5 Å². The number of aliphatic carboxylic acids is 1. The highest BCUT2D eigenvalue weighted by molar-refractivity contribution is 8.03. The molecule has 1 aliphatic heterocycles. The Morgan fingerprint density at radius 2 is 1.76 bits per heavy atom. The Morgan fingerprint density at radius 1 is 0.974 bits per heavy atom. The third-order valence-corrected chi connectivity index (χ3v) is 8.37. The zero-order valence-electron chi connectivity index (χ0n) is 21.2. The van der Waals surface area contributed by atoms with Crippen LogP contribution >= 0.6 is 11.8 Å². The molecule has 1 aliphatic rings. The van der Waals surface area contributed by atoms with Gasteiger partial charge in [-0.15, -0.1) is 0 Å². The molecule has 2 heterocycles. The van der Waals surface area contributed by atoms with E-state index in [0.29, 0.717) is 25.8 Å². The van der Waals surface area contributed by atoms with Crippen LogP contribution in [0.25, 0.3) is 17.0 Å². The van der Waals surface area contributed by atoms with E-state index in [9.17, 15) is 13.2 Å². The number of unbranched alkanes of at least 4 members (excludes halogenated alkanes) is 3. The second-order valence-electron chi connectivity index (χ2n) is 9.26. The molecule has 1 aromatic heterocycles. The van der Waals surface area contributed by atoms with Crippen molar-refractivity contribution in [1.29, 1.82) is 0 Å². The summed E-state index contributed by atoms with van der Waals surface area (Å²) in [5.74, 6) is -0.966. The van der Waals surface area contributed by atoms with Crippen LogP contribution < -0.4 is 9.47 Å². The van der Waals surface area contributed by atoms with Gasteiger partial charge in [-0.25, -0.2) is 0 Å². The van der Waals surface area contributed by atoms with Gasteiger partial charge in [0.1, 0.15) is 6.54 Å². The van der Waals surface area contributed by atoms with Gasteiger partial charge in [0, 0.05) is 36.4 Å². The number of carboxylic acids is 1. The molecule has 0 spiro atoms. The largest absolute Gasteiger partial charge is 0.481 e. The Bertz CT molecular complexity index is 1450. The van der Waals surface area contributed by atoms with Gasteiger partial charge < -0.3 is 10.0 Å². The van der Waals surface area contributed by atoms with E-state index in [-0.39, 0.29) is 12.2 Å². The Labute approximate surface area is 228 Å². The van der Waals surface area contributed by atoms with E-state index in [1.54, 1.807) is 11.8 Å². The average Bonchev–Trinajstić information content (AvgIpc) is 3.23. The second kappa shape index (κ2) is 13.1. The summed E-state index contributed by atoms with van der Waals surface area (Å²) in [7, 11) is -3.94. The molecule has 7 nitrogen and oxygen atoms in total. The Morgan fingerprint density at radius 3 is 2.58 bits per heavy atom. The third-order valence-electron chi connectivity index (χ3n) is 6.43. The number of aryl methyl sites for hydroxylation is 1. The highest BCUT2D eigenvalue weighted by Gasteiger charge is 2.24. The van der Waals surface area contributed by atoms with Gasteiger partial charge in [0.2, 0.25) is 5.52 Å². The molecule has 0 bridgehead atoms. The van der Waals surface area contributed by atoms with E-state index in [1.807, 2.05) is 24.3 Å². The molecule has 0 radical (unpaired) electrons. The highest BCUT2D eigenvalue weighted by Crippen LogP contribution is 2.45. The fraction of sp³-hybridized carbons (Fsp3) is 0.310. The number of benzene rings is 2. The van der Waals surface area contributed by atoms with E-state index in [1.165, 1.54) is 0 Å². The summed E-state index contributed by atoms with van der Waals surface area (Å²) < 4.78 is 33.4. The van der Waals surface area contributed by atoms with Gasteiger partial charge in [-0.2, -0.15) is 13.0 Å². The minimum atomic E-state index is -3.94. The van der Waals surface area contributed by atoms with E-state index in [4.69, 9.17) is 9.66 Å². The molecule has 200 valence electrons. The quantitative estimate of drug-likeness (QED) is 0.154. The van der Waals surface area contributed by atoms with E-state index >= 15 is 0 Å². The zero-order valence-corrected chi connectivity index (χ0v) is 22.8. The van der Waals surface area contributed by atoms with Crippen LogP contribution in [0.4, 0.5) is 5.69 Å². The van der Waals surface area contributed by atoms with Gasteiger partial charge in [-0.05, 0) is 55.5 Å². The van der Waals surface area contributed by atoms with E-state index in [2.05, 4.69) is 64.2 Å². The number of para-hydroxylation sites is 2. The third kappa shape index (κ3) is 7.69. The van der Waals surface area contributed by atoms with Gasteiger partial charge >= 0.3 is 5.97 Å². The molecule has 2 N–H and O–H groups in total. The van der Waals surface area contributed by atoms with Gasteiger partial charge in [0.15, 0.2) is 6.20 Å². The number of aromatic nitrogens is 1. The molecular formula is C29H33N2O5S2+. The number of carbonyl (C=O) groups is 1. The molecule has 0 fully saturated rings. The topological polar surface area (TPSA) is 98.8 Å². The first-order chi connectivity index (χ1) is 18.3. The average molecular weight is 554 g/mol. The summed E-state index contributed by atoms with van der Waals surface area (Å²) in [4.78, 5) is 14.1. The molecule has 0 atom stereocenters. The number of pyridine rings is 1. The van der Waals surface area contributed by atoms with Crippen LogP contribution in [0.5, 0.6) is 0 Å². The second-order valence-corrected chi connectivity index (χ2v) is 11.9. The number of anilines is 1. The molecule has 2 aromatic carbocycles. The minimum absolute atomic E-state index is 0.218. The van der Waals surface area contributed by atoms with Crippen molar-refractivity contribution in [3.8, 4) is 0 Å². The maximum absolute atomic E-state index is 11.1. The van der Waals surface area contributed by atoms with Crippen LogP contribution in [0, 0.1) is 0 Å². The molecule has 0 saturated carbocycles. The first kappa shape index (κ1) is 27.9. The summed E-state index contributed by atoms with van der Waals surface area (Å²) in [6.45, 7) is 1.51. The smallest absolute Gasteiger partial charge is 0.303 e. The fourth-order valence-corrected chi connectivity index (χ4v) is 6.25. The van der Waals surface area contributed by atoms with Crippen molar-refractivity contribution < 1.29 is 27.4 Å². The molecule has 0 unspecified atom stereocenters. The van der Waals surface area contributed by atoms with Gasteiger partial charge in [-0.1, -0.05) is 48.2 Å². The van der Waals surface area contributed by atoms with Crippen molar-refractivity contribution >= 4 is 50.5 Å². The van der Waals surface area contributed by atoms with Gasteiger partial charge in [0.25, 0.3) is 10.1 Å². The van der Waals surface area contributed by atoms with Crippen molar-refractivity contribution in [3.63, 3.8) is 0 Å². The molecule has 0 aliphatic carbocycles. The SMILES string of the molecule is O=C(O)CCCCC[n+]1ccc(/C=C/C=C2/Sc3ccccc3N2CCCCS(=O)(=O)O)c2ccccc21. The molecule has 0 amide bonds. The number of hydrogen-bond acceptors (Lipinski definition) is 5. The van der Waals surface area contributed by atoms with Crippen LogP contribution in [0.1, 0.15) is 44.1 Å². The van der Waals surface area contributed by atoms with Crippen molar-refractivity contribution in [2.45, 2.75) is 50.0 Å². The van der Waals surface area contributed by atoms with Gasteiger partial charge in [0.05, 0.1) is 21.9 Å². The molecule has 9 heteroatoms.